The number of carbonyl (C=O) groups is 1. The van der Waals surface area contributed by atoms with Crippen LogP contribution in [0, 0.1) is 13.8 Å². The Morgan fingerprint density at radius 3 is 2.59 bits per heavy atom. The van der Waals surface area contributed by atoms with E-state index in [9.17, 15) is 4.79 Å². The Bertz CT molecular complexity index is 1150. The molecule has 0 radical (unpaired) electrons. The van der Waals surface area contributed by atoms with E-state index in [0.717, 1.165) is 38.6 Å². The van der Waals surface area contributed by atoms with Gasteiger partial charge in [0.1, 0.15) is 10.7 Å². The highest BCUT2D eigenvalue weighted by atomic mass is 32.1. The van der Waals surface area contributed by atoms with E-state index in [1.54, 1.807) is 6.20 Å². The molecule has 5 heteroatoms. The van der Waals surface area contributed by atoms with E-state index >= 15 is 0 Å². The van der Waals surface area contributed by atoms with E-state index in [-0.39, 0.29) is 5.78 Å². The molecule has 0 amide bonds. The molecule has 0 unspecified atom stereocenters. The van der Waals surface area contributed by atoms with Crippen molar-refractivity contribution in [3.05, 3.63) is 88.8 Å². The fourth-order valence-corrected chi connectivity index (χ4v) is 4.10. The largest absolute Gasteiger partial charge is 0.292 e. The van der Waals surface area contributed by atoms with Gasteiger partial charge >= 0.3 is 0 Å². The van der Waals surface area contributed by atoms with Crippen LogP contribution in [0.2, 0.25) is 0 Å². The van der Waals surface area contributed by atoms with Crippen molar-refractivity contribution in [1.82, 2.24) is 15.0 Å². The maximum Gasteiger partial charge on any atom is 0.182 e. The van der Waals surface area contributed by atoms with Gasteiger partial charge in [-0.2, -0.15) is 0 Å². The molecule has 0 aliphatic heterocycles. The van der Waals surface area contributed by atoms with Gasteiger partial charge < -0.3 is 0 Å². The van der Waals surface area contributed by atoms with Crippen LogP contribution < -0.4 is 0 Å². The zero-order valence-electron chi connectivity index (χ0n) is 16.4. The number of benzene rings is 1. The molecule has 0 bridgehead atoms. The molecule has 3 heterocycles. The van der Waals surface area contributed by atoms with Crippen molar-refractivity contribution in [3.8, 4) is 21.8 Å². The molecule has 0 saturated heterocycles. The van der Waals surface area contributed by atoms with Crippen LogP contribution in [0.1, 0.15) is 33.7 Å². The molecule has 0 aliphatic carbocycles. The Hall–Kier alpha value is -3.18. The number of aromatic nitrogens is 3. The minimum Gasteiger partial charge on any atom is -0.292 e. The molecule has 0 spiro atoms. The number of thiazole rings is 1. The first-order valence-electron chi connectivity index (χ1n) is 9.53. The predicted octanol–water partition coefficient (Wildman–Crippen LogP) is 5.70. The van der Waals surface area contributed by atoms with E-state index in [1.165, 1.54) is 11.3 Å². The fraction of sp³-hybridized carbons (Fsp3) is 0.167. The van der Waals surface area contributed by atoms with Crippen molar-refractivity contribution in [2.45, 2.75) is 26.7 Å². The Kier molecular flexibility index (Phi) is 5.58. The quantitative estimate of drug-likeness (QED) is 0.390. The summed E-state index contributed by atoms with van der Waals surface area (Å²) in [6.45, 7) is 4.02. The van der Waals surface area contributed by atoms with Gasteiger partial charge in [-0.3, -0.25) is 14.8 Å². The third-order valence-corrected chi connectivity index (χ3v) is 5.65. The van der Waals surface area contributed by atoms with Gasteiger partial charge in [0.2, 0.25) is 0 Å². The highest BCUT2D eigenvalue weighted by molar-refractivity contribution is 7.13. The van der Waals surface area contributed by atoms with Crippen molar-refractivity contribution < 1.29 is 4.79 Å². The summed E-state index contributed by atoms with van der Waals surface area (Å²) in [5, 5.41) is 2.73. The normalized spacial score (nSPS) is 10.8. The van der Waals surface area contributed by atoms with Crippen molar-refractivity contribution in [3.63, 3.8) is 0 Å². The van der Waals surface area contributed by atoms with Gasteiger partial charge in [-0.05, 0) is 43.5 Å². The second-order valence-electron chi connectivity index (χ2n) is 7.02. The lowest BCUT2D eigenvalue weighted by Crippen LogP contribution is -2.02. The zero-order chi connectivity index (χ0) is 20.2. The molecule has 4 nitrogen and oxygen atoms in total. The number of Topliss-reactive ketones (excluding diaryl/α,β-unsaturated/α-hetero) is 1. The first-order valence-corrected chi connectivity index (χ1v) is 10.4. The molecule has 0 aliphatic rings. The summed E-state index contributed by atoms with van der Waals surface area (Å²) in [6, 6.07) is 16.1. The van der Waals surface area contributed by atoms with Crippen LogP contribution in [-0.2, 0) is 6.42 Å². The molecule has 144 valence electrons. The Morgan fingerprint density at radius 2 is 1.83 bits per heavy atom. The number of carbonyl (C=O) groups excluding carboxylic acids is 1. The molecular weight excluding hydrogens is 378 g/mol. The average Bonchev–Trinajstić information content (AvgIpc) is 3.23. The van der Waals surface area contributed by atoms with Crippen LogP contribution in [0.15, 0.2) is 66.3 Å². The molecule has 4 rings (SSSR count). The zero-order valence-corrected chi connectivity index (χ0v) is 17.2. The number of hydrogen-bond acceptors (Lipinski definition) is 5. The molecule has 0 fully saturated rings. The molecule has 0 saturated carbocycles. The van der Waals surface area contributed by atoms with Crippen LogP contribution in [0.3, 0.4) is 0 Å². The minimum absolute atomic E-state index is 0.0647. The molecule has 1 aromatic carbocycles. The smallest absolute Gasteiger partial charge is 0.182 e. The van der Waals surface area contributed by atoms with E-state index < -0.39 is 0 Å². The molecule has 3 aromatic heterocycles. The minimum atomic E-state index is 0.0647. The van der Waals surface area contributed by atoms with Gasteiger partial charge in [-0.15, -0.1) is 11.3 Å². The lowest BCUT2D eigenvalue weighted by Gasteiger charge is -2.08. The van der Waals surface area contributed by atoms with Crippen LogP contribution >= 0.6 is 11.3 Å². The van der Waals surface area contributed by atoms with Crippen LogP contribution in [-0.4, -0.2) is 20.7 Å². The molecule has 0 atom stereocenters. The van der Waals surface area contributed by atoms with Crippen molar-refractivity contribution in [1.29, 1.82) is 0 Å². The highest BCUT2D eigenvalue weighted by Gasteiger charge is 2.13. The van der Waals surface area contributed by atoms with Gasteiger partial charge in [0, 0.05) is 41.0 Å². The highest BCUT2D eigenvalue weighted by Crippen LogP contribution is 2.25. The van der Waals surface area contributed by atoms with Crippen molar-refractivity contribution >= 4 is 17.1 Å². The number of nitrogens with zero attached hydrogens (tertiary/aromatic N) is 3. The topological polar surface area (TPSA) is 55.7 Å². The Labute approximate surface area is 174 Å². The monoisotopic (exact) mass is 399 g/mol. The number of rotatable bonds is 6. The van der Waals surface area contributed by atoms with E-state index in [1.807, 2.05) is 61.0 Å². The van der Waals surface area contributed by atoms with E-state index in [4.69, 9.17) is 0 Å². The molecule has 0 N–H and O–H groups in total. The lowest BCUT2D eigenvalue weighted by atomic mass is 10.0. The Balaban J connectivity index is 1.43. The summed E-state index contributed by atoms with van der Waals surface area (Å²) in [4.78, 5) is 26.0. The second-order valence-corrected chi connectivity index (χ2v) is 7.88. The maximum atomic E-state index is 12.6. The second kappa shape index (κ2) is 8.45. The van der Waals surface area contributed by atoms with Crippen LogP contribution in [0.4, 0.5) is 0 Å². The summed E-state index contributed by atoms with van der Waals surface area (Å²) >= 11 is 1.51. The van der Waals surface area contributed by atoms with Crippen LogP contribution in [0.5, 0.6) is 0 Å². The first kappa shape index (κ1) is 19.2. The summed E-state index contributed by atoms with van der Waals surface area (Å²) in [6.07, 6.45) is 4.74. The molecule has 29 heavy (non-hydrogen) atoms. The maximum absolute atomic E-state index is 12.6. The predicted molar refractivity (Wildman–Crippen MR) is 117 cm³/mol. The van der Waals surface area contributed by atoms with Crippen molar-refractivity contribution in [2.24, 2.45) is 0 Å². The number of ketones is 1. The lowest BCUT2D eigenvalue weighted by molar-refractivity contribution is 0.0978. The van der Waals surface area contributed by atoms with Crippen LogP contribution in [0.25, 0.3) is 21.8 Å². The third-order valence-electron chi connectivity index (χ3n) is 4.76. The SMILES string of the molecule is Cc1cc(-c2ncc(CCC(=O)c3csc(-c4ccccc4)n3)cc2C)ccn1. The standard InChI is InChI=1S/C24H21N3OS/c1-16-12-18(14-26-23(16)20-10-11-25-17(2)13-20)8-9-22(28)21-15-29-24(27-21)19-6-4-3-5-7-19/h3-7,10-15H,8-9H2,1-2H3. The summed E-state index contributed by atoms with van der Waals surface area (Å²) in [5.41, 5.74) is 6.73. The van der Waals surface area contributed by atoms with Crippen molar-refractivity contribution in [2.75, 3.05) is 0 Å². The first-order chi connectivity index (χ1) is 14.1. The van der Waals surface area contributed by atoms with Gasteiger partial charge in [-0.25, -0.2) is 4.98 Å². The fourth-order valence-electron chi connectivity index (χ4n) is 3.27. The van der Waals surface area contributed by atoms with Gasteiger partial charge in [0.05, 0.1) is 5.69 Å². The third kappa shape index (κ3) is 4.46. The summed E-state index contributed by atoms with van der Waals surface area (Å²) in [5.74, 6) is 0.0647. The van der Waals surface area contributed by atoms with E-state index in [2.05, 4.69) is 27.9 Å². The average molecular weight is 400 g/mol. The van der Waals surface area contributed by atoms with Gasteiger partial charge in [-0.1, -0.05) is 36.4 Å². The van der Waals surface area contributed by atoms with Gasteiger partial charge in [0.25, 0.3) is 0 Å². The molecular formula is C24H21N3OS. The number of aryl methyl sites for hydroxylation is 3. The number of pyridine rings is 2. The summed E-state index contributed by atoms with van der Waals surface area (Å²) in [7, 11) is 0. The van der Waals surface area contributed by atoms with E-state index in [0.29, 0.717) is 18.5 Å². The molecule has 4 aromatic rings. The number of hydrogen-bond donors (Lipinski definition) is 0. The Morgan fingerprint density at radius 1 is 1.00 bits per heavy atom. The summed E-state index contributed by atoms with van der Waals surface area (Å²) < 4.78 is 0. The van der Waals surface area contributed by atoms with Gasteiger partial charge in [0.15, 0.2) is 5.78 Å².